The van der Waals surface area contributed by atoms with E-state index in [0.717, 1.165) is 19.6 Å². The van der Waals surface area contributed by atoms with Gasteiger partial charge in [-0.1, -0.05) is 47.5 Å². The fourth-order valence-electron chi connectivity index (χ4n) is 3.78. The lowest BCUT2D eigenvalue weighted by atomic mass is 10.1. The fourth-order valence-corrected chi connectivity index (χ4v) is 4.73. The molecule has 7 nitrogen and oxygen atoms in total. The number of carbonyl (C=O) groups excluding carboxylic acids is 3. The first kappa shape index (κ1) is 26.7. The number of amides is 4. The summed E-state index contributed by atoms with van der Waals surface area (Å²) in [7, 11) is 0. The summed E-state index contributed by atoms with van der Waals surface area (Å²) in [4.78, 5) is 39.5. The number of anilines is 1. The number of nitrogens with one attached hydrogen (secondary N) is 1. The second kappa shape index (κ2) is 11.4. The molecule has 9 heteroatoms. The van der Waals surface area contributed by atoms with Gasteiger partial charge in [0.15, 0.2) is 11.5 Å². The first-order valence-electron chi connectivity index (χ1n) is 11.5. The molecule has 0 atom stereocenters. The molecular weight excluding hydrogens is 607 g/mol. The Kier molecular flexibility index (Phi) is 8.19. The Balaban J connectivity index is 1.67. The highest BCUT2D eigenvalue weighted by Crippen LogP contribution is 2.36. The third-order valence-electron chi connectivity index (χ3n) is 5.66. The predicted molar refractivity (Wildman–Crippen MR) is 151 cm³/mol. The van der Waals surface area contributed by atoms with Gasteiger partial charge in [0, 0.05) is 5.02 Å². The molecule has 3 aromatic rings. The van der Waals surface area contributed by atoms with Gasteiger partial charge < -0.3 is 9.47 Å². The summed E-state index contributed by atoms with van der Waals surface area (Å²) in [5.41, 5.74) is 3.50. The maximum absolute atomic E-state index is 13.3. The Hall–Kier alpha value is -3.37. The SMILES string of the molecule is CCOc1cc(/C=C2\C(=O)NC(=O)N(c3cc(Cl)ccc3C)C2=O)cc(I)c1OCc1ccc(C)cc1. The van der Waals surface area contributed by atoms with Gasteiger partial charge in [0.2, 0.25) is 0 Å². The molecule has 1 saturated heterocycles. The molecule has 4 rings (SSSR count). The summed E-state index contributed by atoms with van der Waals surface area (Å²) in [6, 6.07) is 15.6. The van der Waals surface area contributed by atoms with E-state index in [4.69, 9.17) is 21.1 Å². The smallest absolute Gasteiger partial charge is 0.335 e. The molecule has 1 fully saturated rings. The van der Waals surface area contributed by atoms with Gasteiger partial charge >= 0.3 is 6.03 Å². The van der Waals surface area contributed by atoms with Gasteiger partial charge in [-0.2, -0.15) is 0 Å². The van der Waals surface area contributed by atoms with Gasteiger partial charge in [0.25, 0.3) is 11.8 Å². The van der Waals surface area contributed by atoms with Crippen molar-refractivity contribution in [3.05, 3.63) is 91.0 Å². The topological polar surface area (TPSA) is 84.9 Å². The van der Waals surface area contributed by atoms with Crippen LogP contribution in [0.5, 0.6) is 11.5 Å². The molecule has 3 aromatic carbocycles. The zero-order valence-electron chi connectivity index (χ0n) is 20.4. The number of aryl methyl sites for hydroxylation is 2. The molecule has 0 spiro atoms. The molecule has 190 valence electrons. The van der Waals surface area contributed by atoms with Crippen molar-refractivity contribution >= 4 is 63.8 Å². The number of barbiturate groups is 1. The molecule has 0 unspecified atom stereocenters. The minimum Gasteiger partial charge on any atom is -0.490 e. The van der Waals surface area contributed by atoms with E-state index < -0.39 is 17.8 Å². The Bertz CT molecular complexity index is 1420. The van der Waals surface area contributed by atoms with Crippen LogP contribution in [0, 0.1) is 17.4 Å². The molecule has 37 heavy (non-hydrogen) atoms. The van der Waals surface area contributed by atoms with Crippen molar-refractivity contribution in [1.29, 1.82) is 0 Å². The first-order valence-corrected chi connectivity index (χ1v) is 13.0. The zero-order chi connectivity index (χ0) is 26.7. The van der Waals surface area contributed by atoms with E-state index in [1.165, 1.54) is 12.1 Å². The van der Waals surface area contributed by atoms with Crippen molar-refractivity contribution in [2.45, 2.75) is 27.4 Å². The van der Waals surface area contributed by atoms with Gasteiger partial charge in [-0.3, -0.25) is 14.9 Å². The highest BCUT2D eigenvalue weighted by Gasteiger charge is 2.37. The molecule has 1 aliphatic heterocycles. The molecule has 0 aromatic heterocycles. The number of urea groups is 1. The number of nitrogens with zero attached hydrogens (tertiary/aromatic N) is 1. The Morgan fingerprint density at radius 3 is 2.43 bits per heavy atom. The normalized spacial score (nSPS) is 14.7. The number of hydrogen-bond donors (Lipinski definition) is 1. The third kappa shape index (κ3) is 5.97. The third-order valence-corrected chi connectivity index (χ3v) is 6.70. The van der Waals surface area contributed by atoms with Crippen molar-refractivity contribution in [2.75, 3.05) is 11.5 Å². The first-order chi connectivity index (χ1) is 17.7. The molecule has 0 saturated carbocycles. The van der Waals surface area contributed by atoms with E-state index in [2.05, 4.69) is 27.9 Å². The second-order valence-corrected chi connectivity index (χ2v) is 10.0. The number of rotatable bonds is 7. The summed E-state index contributed by atoms with van der Waals surface area (Å²) in [5.74, 6) is -0.475. The highest BCUT2D eigenvalue weighted by atomic mass is 127. The van der Waals surface area contributed by atoms with Crippen molar-refractivity contribution in [1.82, 2.24) is 5.32 Å². The van der Waals surface area contributed by atoms with Gasteiger partial charge in [-0.25, -0.2) is 9.69 Å². The number of halogens is 2. The van der Waals surface area contributed by atoms with Crippen LogP contribution in [0.4, 0.5) is 10.5 Å². The van der Waals surface area contributed by atoms with Crippen LogP contribution in [0.1, 0.15) is 29.2 Å². The molecular formula is C28H24ClIN2O5. The van der Waals surface area contributed by atoms with Gasteiger partial charge in [0.1, 0.15) is 12.2 Å². The number of hydrogen-bond acceptors (Lipinski definition) is 5. The minimum absolute atomic E-state index is 0.189. The zero-order valence-corrected chi connectivity index (χ0v) is 23.3. The Morgan fingerprint density at radius 2 is 1.73 bits per heavy atom. The lowest BCUT2D eigenvalue weighted by Crippen LogP contribution is -2.54. The molecule has 0 bridgehead atoms. The number of benzene rings is 3. The lowest BCUT2D eigenvalue weighted by molar-refractivity contribution is -0.122. The largest absolute Gasteiger partial charge is 0.490 e. The van der Waals surface area contributed by atoms with E-state index in [9.17, 15) is 14.4 Å². The number of imide groups is 2. The standard InChI is InChI=1S/C28H24ClIN2O5/c1-4-36-24-13-19(12-22(30)25(24)37-15-18-8-5-16(2)6-9-18)11-21-26(33)31-28(35)32(27(21)34)23-14-20(29)10-7-17(23)3/h5-14H,4,15H2,1-3H3,(H,31,33,35)/b21-11+. The average Bonchev–Trinajstić information content (AvgIpc) is 2.84. The maximum Gasteiger partial charge on any atom is 0.335 e. The van der Waals surface area contributed by atoms with Crippen molar-refractivity contribution in [3.8, 4) is 11.5 Å². The van der Waals surface area contributed by atoms with Crippen LogP contribution in [-0.2, 0) is 16.2 Å². The minimum atomic E-state index is -0.832. The Morgan fingerprint density at radius 1 is 1.00 bits per heavy atom. The monoisotopic (exact) mass is 630 g/mol. The van der Waals surface area contributed by atoms with Crippen LogP contribution in [0.15, 0.2) is 60.2 Å². The predicted octanol–water partition coefficient (Wildman–Crippen LogP) is 6.21. The summed E-state index contributed by atoms with van der Waals surface area (Å²) >= 11 is 8.23. The maximum atomic E-state index is 13.3. The molecule has 0 aliphatic carbocycles. The quantitative estimate of drug-likeness (QED) is 0.191. The van der Waals surface area contributed by atoms with Crippen LogP contribution in [0.25, 0.3) is 6.08 Å². The van der Waals surface area contributed by atoms with Crippen LogP contribution >= 0.6 is 34.2 Å². The summed E-state index contributed by atoms with van der Waals surface area (Å²) in [5, 5.41) is 2.60. The van der Waals surface area contributed by atoms with Crippen molar-refractivity contribution in [2.24, 2.45) is 0 Å². The summed E-state index contributed by atoms with van der Waals surface area (Å²) in [6.07, 6.45) is 1.44. The van der Waals surface area contributed by atoms with Crippen LogP contribution in [0.3, 0.4) is 0 Å². The van der Waals surface area contributed by atoms with E-state index >= 15 is 0 Å². The second-order valence-electron chi connectivity index (χ2n) is 8.43. The molecule has 4 amide bonds. The summed E-state index contributed by atoms with van der Waals surface area (Å²) < 4.78 is 12.6. The van der Waals surface area contributed by atoms with E-state index in [0.29, 0.717) is 46.5 Å². The van der Waals surface area contributed by atoms with Gasteiger partial charge in [-0.05, 0) is 90.4 Å². The molecule has 1 heterocycles. The molecule has 1 N–H and O–H groups in total. The van der Waals surface area contributed by atoms with E-state index in [-0.39, 0.29) is 5.57 Å². The van der Waals surface area contributed by atoms with Crippen LogP contribution < -0.4 is 19.7 Å². The van der Waals surface area contributed by atoms with Crippen LogP contribution in [-0.4, -0.2) is 24.5 Å². The lowest BCUT2D eigenvalue weighted by Gasteiger charge is -2.27. The van der Waals surface area contributed by atoms with E-state index in [1.54, 1.807) is 31.2 Å². The van der Waals surface area contributed by atoms with Crippen LogP contribution in [0.2, 0.25) is 5.02 Å². The highest BCUT2D eigenvalue weighted by molar-refractivity contribution is 14.1. The van der Waals surface area contributed by atoms with E-state index in [1.807, 2.05) is 38.1 Å². The van der Waals surface area contributed by atoms with Gasteiger partial charge in [0.05, 0.1) is 15.9 Å². The molecule has 1 aliphatic rings. The van der Waals surface area contributed by atoms with Crippen molar-refractivity contribution < 1.29 is 23.9 Å². The molecule has 0 radical (unpaired) electrons. The number of ether oxygens (including phenoxy) is 2. The van der Waals surface area contributed by atoms with Gasteiger partial charge in [-0.15, -0.1) is 0 Å². The fraction of sp³-hybridized carbons (Fsp3) is 0.179. The Labute approximate surface area is 233 Å². The van der Waals surface area contributed by atoms with Crippen molar-refractivity contribution in [3.63, 3.8) is 0 Å². The average molecular weight is 631 g/mol. The summed E-state index contributed by atoms with van der Waals surface area (Å²) in [6.45, 7) is 6.38. The number of carbonyl (C=O) groups is 3.